The third-order valence-corrected chi connectivity index (χ3v) is 4.27. The van der Waals surface area contributed by atoms with Crippen molar-refractivity contribution in [3.63, 3.8) is 0 Å². The highest BCUT2D eigenvalue weighted by atomic mass is 16.2. The summed E-state index contributed by atoms with van der Waals surface area (Å²) in [6.45, 7) is 0.747. The van der Waals surface area contributed by atoms with Gasteiger partial charge in [-0.25, -0.2) is 4.68 Å². The number of benzene rings is 1. The van der Waals surface area contributed by atoms with Crippen LogP contribution >= 0.6 is 0 Å². The van der Waals surface area contributed by atoms with Crippen molar-refractivity contribution < 1.29 is 4.79 Å². The van der Waals surface area contributed by atoms with Crippen molar-refractivity contribution in [1.82, 2.24) is 9.78 Å². The number of aryl methyl sites for hydroxylation is 2. The SMILES string of the molecule is NC1CCC(C(=O)Nc2ccnn2CCc2ccccc2)C1. The second kappa shape index (κ2) is 6.75. The van der Waals surface area contributed by atoms with Crippen LogP contribution in [0.4, 0.5) is 5.82 Å². The molecule has 1 fully saturated rings. The Labute approximate surface area is 130 Å². The summed E-state index contributed by atoms with van der Waals surface area (Å²) in [6, 6.07) is 12.3. The molecule has 5 heteroatoms. The molecule has 1 saturated carbocycles. The fourth-order valence-electron chi connectivity index (χ4n) is 2.98. The van der Waals surface area contributed by atoms with Gasteiger partial charge in [-0.2, -0.15) is 5.10 Å². The summed E-state index contributed by atoms with van der Waals surface area (Å²) in [7, 11) is 0. The lowest BCUT2D eigenvalue weighted by Gasteiger charge is -2.12. The molecule has 0 bridgehead atoms. The molecule has 2 unspecified atom stereocenters. The monoisotopic (exact) mass is 298 g/mol. The van der Waals surface area contributed by atoms with E-state index in [9.17, 15) is 4.79 Å². The summed E-state index contributed by atoms with van der Waals surface area (Å²) < 4.78 is 1.85. The Morgan fingerprint density at radius 2 is 2.09 bits per heavy atom. The minimum absolute atomic E-state index is 0.0347. The van der Waals surface area contributed by atoms with E-state index in [4.69, 9.17) is 5.73 Å². The zero-order valence-electron chi connectivity index (χ0n) is 12.6. The quantitative estimate of drug-likeness (QED) is 0.888. The van der Waals surface area contributed by atoms with Crippen LogP contribution in [0, 0.1) is 5.92 Å². The van der Waals surface area contributed by atoms with Crippen LogP contribution in [0.1, 0.15) is 24.8 Å². The minimum Gasteiger partial charge on any atom is -0.328 e. The topological polar surface area (TPSA) is 72.9 Å². The molecule has 3 rings (SSSR count). The van der Waals surface area contributed by atoms with Crippen LogP contribution in [0.15, 0.2) is 42.6 Å². The molecule has 1 aliphatic carbocycles. The van der Waals surface area contributed by atoms with Gasteiger partial charge in [-0.15, -0.1) is 0 Å². The molecule has 2 atom stereocenters. The van der Waals surface area contributed by atoms with E-state index in [-0.39, 0.29) is 17.9 Å². The van der Waals surface area contributed by atoms with Gasteiger partial charge in [0.05, 0.1) is 6.20 Å². The molecule has 116 valence electrons. The van der Waals surface area contributed by atoms with Gasteiger partial charge in [-0.1, -0.05) is 30.3 Å². The molecule has 1 aliphatic rings. The van der Waals surface area contributed by atoms with E-state index in [1.54, 1.807) is 6.20 Å². The molecular weight excluding hydrogens is 276 g/mol. The van der Waals surface area contributed by atoms with E-state index in [1.807, 2.05) is 28.9 Å². The lowest BCUT2D eigenvalue weighted by Crippen LogP contribution is -2.24. The first-order valence-corrected chi connectivity index (χ1v) is 7.84. The van der Waals surface area contributed by atoms with Crippen LogP contribution in [0.25, 0.3) is 0 Å². The predicted octanol–water partition coefficient (Wildman–Crippen LogP) is 2.19. The van der Waals surface area contributed by atoms with Crippen molar-refractivity contribution in [3.8, 4) is 0 Å². The van der Waals surface area contributed by atoms with Crippen molar-refractivity contribution in [3.05, 3.63) is 48.2 Å². The van der Waals surface area contributed by atoms with Crippen LogP contribution in [-0.2, 0) is 17.8 Å². The highest BCUT2D eigenvalue weighted by molar-refractivity contribution is 5.91. The maximum atomic E-state index is 12.3. The number of carbonyl (C=O) groups is 1. The molecular formula is C17H22N4O. The minimum atomic E-state index is 0.0347. The summed E-state index contributed by atoms with van der Waals surface area (Å²) in [6.07, 6.45) is 5.21. The van der Waals surface area contributed by atoms with Gasteiger partial charge in [0.15, 0.2) is 0 Å². The van der Waals surface area contributed by atoms with Crippen molar-refractivity contribution in [1.29, 1.82) is 0 Å². The van der Waals surface area contributed by atoms with Crippen LogP contribution in [-0.4, -0.2) is 21.7 Å². The number of nitrogens with one attached hydrogen (secondary N) is 1. The van der Waals surface area contributed by atoms with E-state index in [1.165, 1.54) is 5.56 Å². The number of nitrogens with two attached hydrogens (primary N) is 1. The summed E-state index contributed by atoms with van der Waals surface area (Å²) >= 11 is 0. The van der Waals surface area contributed by atoms with Crippen LogP contribution < -0.4 is 11.1 Å². The molecule has 0 aliphatic heterocycles. The summed E-state index contributed by atoms with van der Waals surface area (Å²) in [5.74, 6) is 0.864. The highest BCUT2D eigenvalue weighted by Gasteiger charge is 2.28. The van der Waals surface area contributed by atoms with Gasteiger partial charge in [-0.05, 0) is 31.2 Å². The van der Waals surface area contributed by atoms with Gasteiger partial charge >= 0.3 is 0 Å². The van der Waals surface area contributed by atoms with Crippen molar-refractivity contribution in [2.45, 2.75) is 38.3 Å². The summed E-state index contributed by atoms with van der Waals surface area (Å²) in [5.41, 5.74) is 7.14. The van der Waals surface area contributed by atoms with Gasteiger partial charge in [0.25, 0.3) is 0 Å². The van der Waals surface area contributed by atoms with E-state index < -0.39 is 0 Å². The standard InChI is InChI=1S/C17H22N4O/c18-15-7-6-14(12-15)17(22)20-16-8-10-19-21(16)11-9-13-4-2-1-3-5-13/h1-5,8,10,14-15H,6-7,9,11-12,18H2,(H,20,22). The fourth-order valence-corrected chi connectivity index (χ4v) is 2.98. The van der Waals surface area contributed by atoms with E-state index in [2.05, 4.69) is 22.5 Å². The van der Waals surface area contributed by atoms with Crippen molar-refractivity contribution >= 4 is 11.7 Å². The van der Waals surface area contributed by atoms with Crippen LogP contribution in [0.2, 0.25) is 0 Å². The Bertz CT molecular complexity index is 623. The molecule has 5 nitrogen and oxygen atoms in total. The smallest absolute Gasteiger partial charge is 0.228 e. The number of amides is 1. The van der Waals surface area contributed by atoms with Gasteiger partial charge in [0.1, 0.15) is 5.82 Å². The van der Waals surface area contributed by atoms with Gasteiger partial charge < -0.3 is 11.1 Å². The number of anilines is 1. The Hall–Kier alpha value is -2.14. The van der Waals surface area contributed by atoms with Gasteiger partial charge in [0.2, 0.25) is 5.91 Å². The Kier molecular flexibility index (Phi) is 4.53. The van der Waals surface area contributed by atoms with Crippen LogP contribution in [0.3, 0.4) is 0 Å². The number of carbonyl (C=O) groups excluding carboxylic acids is 1. The average Bonchev–Trinajstić information content (AvgIpc) is 3.15. The van der Waals surface area contributed by atoms with Crippen molar-refractivity contribution in [2.24, 2.45) is 11.7 Å². The molecule has 3 N–H and O–H groups in total. The van der Waals surface area contributed by atoms with E-state index in [0.29, 0.717) is 0 Å². The van der Waals surface area contributed by atoms with E-state index in [0.717, 1.165) is 38.0 Å². The molecule has 0 radical (unpaired) electrons. The largest absolute Gasteiger partial charge is 0.328 e. The summed E-state index contributed by atoms with van der Waals surface area (Å²) in [5, 5.41) is 7.30. The lowest BCUT2D eigenvalue weighted by atomic mass is 10.1. The number of nitrogens with zero attached hydrogens (tertiary/aromatic N) is 2. The maximum absolute atomic E-state index is 12.3. The third-order valence-electron chi connectivity index (χ3n) is 4.27. The molecule has 2 aromatic rings. The van der Waals surface area contributed by atoms with E-state index >= 15 is 0 Å². The number of rotatable bonds is 5. The number of hydrogen-bond donors (Lipinski definition) is 2. The molecule has 1 aromatic carbocycles. The second-order valence-electron chi connectivity index (χ2n) is 5.93. The Morgan fingerprint density at radius 1 is 1.27 bits per heavy atom. The summed E-state index contributed by atoms with van der Waals surface area (Å²) in [4.78, 5) is 12.3. The normalized spacial score (nSPS) is 21.0. The van der Waals surface area contributed by atoms with Crippen molar-refractivity contribution in [2.75, 3.05) is 5.32 Å². The van der Waals surface area contributed by atoms with Crippen LogP contribution in [0.5, 0.6) is 0 Å². The first kappa shape index (κ1) is 14.8. The third kappa shape index (κ3) is 3.54. The zero-order chi connectivity index (χ0) is 15.4. The number of hydrogen-bond acceptors (Lipinski definition) is 3. The van der Waals surface area contributed by atoms with Gasteiger partial charge in [-0.3, -0.25) is 4.79 Å². The highest BCUT2D eigenvalue weighted by Crippen LogP contribution is 2.25. The first-order chi connectivity index (χ1) is 10.7. The molecule has 1 amide bonds. The predicted molar refractivity (Wildman–Crippen MR) is 86.3 cm³/mol. The Morgan fingerprint density at radius 3 is 2.82 bits per heavy atom. The first-order valence-electron chi connectivity index (χ1n) is 7.84. The fraction of sp³-hybridized carbons (Fsp3) is 0.412. The Balaban J connectivity index is 1.59. The van der Waals surface area contributed by atoms with Gasteiger partial charge in [0, 0.05) is 24.6 Å². The molecule has 22 heavy (non-hydrogen) atoms. The lowest BCUT2D eigenvalue weighted by molar-refractivity contribution is -0.119. The maximum Gasteiger partial charge on any atom is 0.228 e. The molecule has 1 heterocycles. The zero-order valence-corrected chi connectivity index (χ0v) is 12.6. The molecule has 1 aromatic heterocycles. The molecule has 0 spiro atoms. The number of aromatic nitrogens is 2. The second-order valence-corrected chi connectivity index (χ2v) is 5.93. The average molecular weight is 298 g/mol. The molecule has 0 saturated heterocycles.